The summed E-state index contributed by atoms with van der Waals surface area (Å²) in [6, 6.07) is 22.6. The summed E-state index contributed by atoms with van der Waals surface area (Å²) < 4.78 is 0. The molecule has 44 heavy (non-hydrogen) atoms. The van der Waals surface area contributed by atoms with Gasteiger partial charge in [0, 0.05) is 39.1 Å². The highest BCUT2D eigenvalue weighted by molar-refractivity contribution is 6.33. The Kier molecular flexibility index (Phi) is 9.49. The van der Waals surface area contributed by atoms with Gasteiger partial charge in [-0.1, -0.05) is 71.2 Å². The molecule has 4 aromatic heterocycles. The van der Waals surface area contributed by atoms with Crippen molar-refractivity contribution < 1.29 is 0 Å². The quantitative estimate of drug-likeness (QED) is 0.206. The molecule has 0 bridgehead atoms. The average molecular weight is 642 g/mol. The number of benzene rings is 2. The monoisotopic (exact) mass is 640 g/mol. The van der Waals surface area contributed by atoms with Crippen molar-refractivity contribution >= 4 is 34.8 Å². The number of hydrogen-bond acceptors (Lipinski definition) is 6. The van der Waals surface area contributed by atoms with Crippen LogP contribution in [0.4, 0.5) is 0 Å². The number of rotatable bonds is 4. The standard InChI is InChI=1S/C17H13Cl2N3.C17H14ClN3O/c1-10-3-8-14(20-9-10)16-15(11(2)21-22-17(16)19)12-4-6-13(18)7-5-12;1-10-3-8-14(19-9-10)16-15(11(2)20-21-17(16)22)12-4-6-13(18)7-5-12/h3-9H,1-2H3;3-9H,1-2H3,(H,21,22). The maximum absolute atomic E-state index is 12.3. The van der Waals surface area contributed by atoms with E-state index in [2.05, 4.69) is 30.4 Å². The lowest BCUT2D eigenvalue weighted by molar-refractivity contribution is 0.949. The molecule has 2 aromatic carbocycles. The Morgan fingerprint density at radius 3 is 1.50 bits per heavy atom. The van der Waals surface area contributed by atoms with Crippen LogP contribution in [0.15, 0.2) is 90.0 Å². The summed E-state index contributed by atoms with van der Waals surface area (Å²) in [6.45, 7) is 7.72. The van der Waals surface area contributed by atoms with Gasteiger partial charge in [-0.05, 0) is 86.3 Å². The molecule has 1 N–H and O–H groups in total. The average Bonchev–Trinajstić information content (AvgIpc) is 3.02. The Balaban J connectivity index is 0.000000175. The summed E-state index contributed by atoms with van der Waals surface area (Å²) in [5, 5.41) is 16.5. The number of aryl methyl sites for hydroxylation is 4. The predicted octanol–water partition coefficient (Wildman–Crippen LogP) is 8.90. The molecule has 0 radical (unpaired) electrons. The van der Waals surface area contributed by atoms with Crippen molar-refractivity contribution in [2.75, 3.05) is 0 Å². The van der Waals surface area contributed by atoms with E-state index in [0.717, 1.165) is 56.0 Å². The summed E-state index contributed by atoms with van der Waals surface area (Å²) in [5.74, 6) is 0. The molecule has 6 rings (SSSR count). The van der Waals surface area contributed by atoms with E-state index >= 15 is 0 Å². The van der Waals surface area contributed by atoms with Crippen LogP contribution in [0.5, 0.6) is 0 Å². The summed E-state index contributed by atoms with van der Waals surface area (Å²) in [5.41, 5.74) is 9.69. The van der Waals surface area contributed by atoms with Crippen molar-refractivity contribution in [1.29, 1.82) is 0 Å². The number of halogens is 3. The third-order valence-corrected chi connectivity index (χ3v) is 7.64. The Labute approximate surface area is 270 Å². The molecule has 0 spiro atoms. The zero-order chi connectivity index (χ0) is 31.4. The van der Waals surface area contributed by atoms with Crippen LogP contribution < -0.4 is 5.56 Å². The van der Waals surface area contributed by atoms with Crippen molar-refractivity contribution in [1.82, 2.24) is 30.4 Å². The zero-order valence-electron chi connectivity index (χ0n) is 24.4. The van der Waals surface area contributed by atoms with Gasteiger partial charge in [0.2, 0.25) is 0 Å². The number of nitrogens with zero attached hydrogens (tertiary/aromatic N) is 5. The lowest BCUT2D eigenvalue weighted by Gasteiger charge is -2.13. The predicted molar refractivity (Wildman–Crippen MR) is 178 cm³/mol. The Morgan fingerprint density at radius 1 is 0.545 bits per heavy atom. The fourth-order valence-electron chi connectivity index (χ4n) is 4.69. The van der Waals surface area contributed by atoms with Crippen LogP contribution in [0.2, 0.25) is 15.2 Å². The van der Waals surface area contributed by atoms with Crippen LogP contribution in [-0.4, -0.2) is 30.4 Å². The van der Waals surface area contributed by atoms with E-state index in [0.29, 0.717) is 26.5 Å². The molecule has 0 aliphatic carbocycles. The minimum absolute atomic E-state index is 0.257. The van der Waals surface area contributed by atoms with Crippen LogP contribution in [0.3, 0.4) is 0 Å². The number of aromatic amines is 1. The lowest BCUT2D eigenvalue weighted by Crippen LogP contribution is -2.14. The number of pyridine rings is 2. The number of hydrogen-bond donors (Lipinski definition) is 1. The van der Waals surface area contributed by atoms with Gasteiger partial charge in [0.15, 0.2) is 5.15 Å². The largest absolute Gasteiger partial charge is 0.274 e. The molecular formula is C34H27Cl3N6O. The van der Waals surface area contributed by atoms with Crippen LogP contribution >= 0.6 is 34.8 Å². The lowest BCUT2D eigenvalue weighted by atomic mass is 9.97. The van der Waals surface area contributed by atoms with Crippen molar-refractivity contribution in [3.05, 3.63) is 133 Å². The van der Waals surface area contributed by atoms with Gasteiger partial charge in [-0.25, -0.2) is 5.10 Å². The van der Waals surface area contributed by atoms with E-state index < -0.39 is 0 Å². The third kappa shape index (κ3) is 6.86. The summed E-state index contributed by atoms with van der Waals surface area (Å²) >= 11 is 18.2. The van der Waals surface area contributed by atoms with E-state index in [1.807, 2.05) is 94.6 Å². The SMILES string of the molecule is Cc1ccc(-c2c(-c3ccc(Cl)cc3)c(C)n[nH]c2=O)nc1.Cc1ccc(-c2c(Cl)nnc(C)c2-c2ccc(Cl)cc2)nc1. The zero-order valence-corrected chi connectivity index (χ0v) is 26.6. The van der Waals surface area contributed by atoms with Crippen molar-refractivity contribution in [2.45, 2.75) is 27.7 Å². The minimum atomic E-state index is -0.257. The fraction of sp³-hybridized carbons (Fsp3) is 0.118. The summed E-state index contributed by atoms with van der Waals surface area (Å²) in [7, 11) is 0. The number of aromatic nitrogens is 6. The second kappa shape index (κ2) is 13.5. The molecule has 7 nitrogen and oxygen atoms in total. The molecule has 0 aliphatic heterocycles. The first-order valence-electron chi connectivity index (χ1n) is 13.6. The molecule has 0 atom stereocenters. The molecule has 6 aromatic rings. The van der Waals surface area contributed by atoms with E-state index in [1.54, 1.807) is 18.3 Å². The Bertz CT molecular complexity index is 1900. The van der Waals surface area contributed by atoms with Crippen LogP contribution in [0.1, 0.15) is 22.5 Å². The van der Waals surface area contributed by atoms with Crippen LogP contribution in [0.25, 0.3) is 44.8 Å². The highest BCUT2D eigenvalue weighted by Crippen LogP contribution is 2.37. The Morgan fingerprint density at radius 2 is 1.02 bits per heavy atom. The molecule has 4 heterocycles. The van der Waals surface area contributed by atoms with Crippen molar-refractivity contribution in [3.63, 3.8) is 0 Å². The molecule has 0 saturated heterocycles. The maximum Gasteiger partial charge on any atom is 0.274 e. The maximum atomic E-state index is 12.3. The second-order valence-electron chi connectivity index (χ2n) is 10.2. The summed E-state index contributed by atoms with van der Waals surface area (Å²) in [6.07, 6.45) is 3.56. The van der Waals surface area contributed by atoms with Crippen molar-refractivity contribution in [2.24, 2.45) is 0 Å². The molecule has 10 heteroatoms. The fourth-order valence-corrected chi connectivity index (χ4v) is 5.17. The van der Waals surface area contributed by atoms with E-state index in [-0.39, 0.29) is 5.56 Å². The van der Waals surface area contributed by atoms with Gasteiger partial charge < -0.3 is 0 Å². The molecule has 0 fully saturated rings. The van der Waals surface area contributed by atoms with Gasteiger partial charge in [0.1, 0.15) is 0 Å². The molecular weight excluding hydrogens is 615 g/mol. The number of nitrogens with one attached hydrogen (secondary N) is 1. The van der Waals surface area contributed by atoms with Crippen molar-refractivity contribution in [3.8, 4) is 44.8 Å². The van der Waals surface area contributed by atoms with E-state index in [4.69, 9.17) is 34.8 Å². The summed E-state index contributed by atoms with van der Waals surface area (Å²) in [4.78, 5) is 21.2. The van der Waals surface area contributed by atoms with Crippen LogP contribution in [0, 0.1) is 27.7 Å². The Hall–Kier alpha value is -4.43. The molecule has 220 valence electrons. The van der Waals surface area contributed by atoms with Crippen LogP contribution in [-0.2, 0) is 0 Å². The molecule has 0 saturated carbocycles. The topological polar surface area (TPSA) is 97.3 Å². The minimum Gasteiger partial charge on any atom is -0.267 e. The molecule has 0 unspecified atom stereocenters. The van der Waals surface area contributed by atoms with Gasteiger partial charge in [0.05, 0.1) is 28.3 Å². The first kappa shape index (κ1) is 31.0. The highest BCUT2D eigenvalue weighted by Gasteiger charge is 2.18. The number of H-pyrrole nitrogens is 1. The van der Waals surface area contributed by atoms with Gasteiger partial charge in [-0.2, -0.15) is 10.2 Å². The first-order chi connectivity index (χ1) is 21.1. The van der Waals surface area contributed by atoms with Gasteiger partial charge in [-0.3, -0.25) is 14.8 Å². The van der Waals surface area contributed by atoms with Gasteiger partial charge in [-0.15, -0.1) is 5.10 Å². The molecule has 0 aliphatic rings. The van der Waals surface area contributed by atoms with Gasteiger partial charge in [0.25, 0.3) is 5.56 Å². The van der Waals surface area contributed by atoms with E-state index in [9.17, 15) is 4.79 Å². The second-order valence-corrected chi connectivity index (χ2v) is 11.4. The normalized spacial score (nSPS) is 10.7. The third-order valence-electron chi connectivity index (χ3n) is 6.87. The first-order valence-corrected chi connectivity index (χ1v) is 14.8. The van der Waals surface area contributed by atoms with Gasteiger partial charge >= 0.3 is 0 Å². The van der Waals surface area contributed by atoms with E-state index in [1.165, 1.54) is 0 Å². The smallest absolute Gasteiger partial charge is 0.267 e. The molecule has 0 amide bonds. The highest BCUT2D eigenvalue weighted by atomic mass is 35.5.